The van der Waals surface area contributed by atoms with E-state index in [0.29, 0.717) is 12.0 Å². The normalized spacial score (nSPS) is 19.6. The third-order valence-corrected chi connectivity index (χ3v) is 19.3. The second-order valence-electron chi connectivity index (χ2n) is 30.3. The van der Waals surface area contributed by atoms with Gasteiger partial charge in [-0.1, -0.05) is 117 Å². The number of carbonyl (C=O) groups excluding carboxylic acids is 8. The minimum atomic E-state index is -1.39. The molecule has 0 aromatic heterocycles. The van der Waals surface area contributed by atoms with E-state index in [2.05, 4.69) is 10.6 Å². The number of imide groups is 1. The summed E-state index contributed by atoms with van der Waals surface area (Å²) < 4.78 is 16.1. The molecular weight excluding hydrogens is 1160 g/mol. The van der Waals surface area contributed by atoms with Crippen molar-refractivity contribution in [1.29, 1.82) is 0 Å². The van der Waals surface area contributed by atoms with Crippen molar-refractivity contribution >= 4 is 71.1 Å². The number of likely N-dealkylation sites (tertiary alicyclic amines) is 1. The fraction of sp³-hybridized carbons (Fsp3) is 0.754. The summed E-state index contributed by atoms with van der Waals surface area (Å²) in [5.74, 6) is -19.0. The van der Waals surface area contributed by atoms with Crippen LogP contribution >= 0.6 is 0 Å². The zero-order chi connectivity index (χ0) is 68.8. The summed E-state index contributed by atoms with van der Waals surface area (Å²) >= 11 is 0. The summed E-state index contributed by atoms with van der Waals surface area (Å²) in [4.78, 5) is 153. The van der Waals surface area contributed by atoms with Crippen LogP contribution in [-0.4, -0.2) is 133 Å². The van der Waals surface area contributed by atoms with E-state index in [0.717, 1.165) is 5.69 Å². The lowest BCUT2D eigenvalue weighted by atomic mass is 9.63. The molecule has 0 spiro atoms. The van der Waals surface area contributed by atoms with Crippen molar-refractivity contribution < 1.29 is 82.3 Å². The number of benzene rings is 1. The average molecular weight is 1270 g/mol. The van der Waals surface area contributed by atoms with Crippen LogP contribution < -0.4 is 15.5 Å². The van der Waals surface area contributed by atoms with Gasteiger partial charge in [0.2, 0.25) is 17.7 Å². The lowest BCUT2D eigenvalue weighted by Crippen LogP contribution is -2.48. The van der Waals surface area contributed by atoms with Gasteiger partial charge in [0.05, 0.1) is 72.3 Å². The van der Waals surface area contributed by atoms with Gasteiger partial charge in [-0.25, -0.2) is 0 Å². The van der Waals surface area contributed by atoms with Gasteiger partial charge in [-0.3, -0.25) is 57.6 Å². The number of hydrogen-bond donors (Lipinski definition) is 5. The Hall–Kier alpha value is -6.41. The molecule has 4 amide bonds. The Balaban J connectivity index is 1.96. The quantitative estimate of drug-likeness (QED) is 0.0134. The highest BCUT2D eigenvalue weighted by Gasteiger charge is 2.53. The molecule has 0 bridgehead atoms. The summed E-state index contributed by atoms with van der Waals surface area (Å²) in [7, 11) is 3.77. The molecule has 3 rings (SSSR count). The van der Waals surface area contributed by atoms with Crippen LogP contribution in [0, 0.1) is 98.1 Å². The highest BCUT2D eigenvalue weighted by molar-refractivity contribution is 6.05. The molecule has 2 heterocycles. The predicted molar refractivity (Wildman–Crippen MR) is 340 cm³/mol. The first-order valence-electron chi connectivity index (χ1n) is 32.4. The summed E-state index contributed by atoms with van der Waals surface area (Å²) in [5, 5.41) is 38.6. The number of carboxylic acids is 3. The zero-order valence-electron chi connectivity index (χ0n) is 57.5. The average Bonchev–Trinajstić information content (AvgIpc) is 1.39. The van der Waals surface area contributed by atoms with Gasteiger partial charge in [-0.15, -0.1) is 0 Å². The molecule has 2 aliphatic rings. The van der Waals surface area contributed by atoms with Crippen molar-refractivity contribution in [3.63, 3.8) is 0 Å². The number of aliphatic carboxylic acids is 3. The number of cyclic esters (lactones) is 2. The van der Waals surface area contributed by atoms with Crippen LogP contribution in [0.2, 0.25) is 0 Å². The van der Waals surface area contributed by atoms with Crippen LogP contribution in [0.25, 0.3) is 0 Å². The first-order valence-corrected chi connectivity index (χ1v) is 32.4. The molecule has 0 radical (unpaired) electrons. The molecule has 0 aliphatic carbocycles. The second-order valence-corrected chi connectivity index (χ2v) is 30.3. The number of carbonyl (C=O) groups is 11. The van der Waals surface area contributed by atoms with E-state index in [-0.39, 0.29) is 121 Å². The van der Waals surface area contributed by atoms with Crippen LogP contribution in [0.5, 0.6) is 0 Å². The first kappa shape index (κ1) is 77.8. The number of nitrogens with zero attached hydrogens (tertiary/aromatic N) is 2. The Bertz CT molecular complexity index is 2690. The number of anilines is 1. The second kappa shape index (κ2) is 32.7. The molecule has 90 heavy (non-hydrogen) atoms. The minimum Gasteiger partial charge on any atom is -0.481 e. The Morgan fingerprint density at radius 2 is 1.07 bits per heavy atom. The molecule has 2 saturated heterocycles. The molecule has 0 saturated carbocycles. The number of amides is 4. The van der Waals surface area contributed by atoms with Crippen LogP contribution in [0.1, 0.15) is 199 Å². The maximum Gasteiger partial charge on any atom is 0.317 e. The summed E-state index contributed by atoms with van der Waals surface area (Å²) in [6.45, 7) is 30.7. The monoisotopic (exact) mass is 1270 g/mol. The van der Waals surface area contributed by atoms with Gasteiger partial charge in [-0.05, 0) is 134 Å². The van der Waals surface area contributed by atoms with Crippen molar-refractivity contribution in [3.8, 4) is 0 Å². The lowest BCUT2D eigenvalue weighted by molar-refractivity contribution is -0.164. The van der Waals surface area contributed by atoms with Gasteiger partial charge in [0.15, 0.2) is 0 Å². The summed E-state index contributed by atoms with van der Waals surface area (Å²) in [5.41, 5.74) is -3.36. The third kappa shape index (κ3) is 21.3. The number of hydrogen-bond acceptors (Lipinski definition) is 15. The van der Waals surface area contributed by atoms with Crippen molar-refractivity contribution in [1.82, 2.24) is 15.5 Å². The molecule has 2 fully saturated rings. The van der Waals surface area contributed by atoms with E-state index < -0.39 is 140 Å². The fourth-order valence-electron chi connectivity index (χ4n) is 13.4. The number of ether oxygens (including phenoxy) is 3. The van der Waals surface area contributed by atoms with Crippen molar-refractivity contribution in [2.45, 2.75) is 188 Å². The van der Waals surface area contributed by atoms with E-state index in [9.17, 15) is 68.1 Å². The van der Waals surface area contributed by atoms with Gasteiger partial charge in [0, 0.05) is 38.4 Å². The maximum absolute atomic E-state index is 14.7. The molecule has 2 aliphatic heterocycles. The lowest BCUT2D eigenvalue weighted by Gasteiger charge is -2.41. The van der Waals surface area contributed by atoms with Gasteiger partial charge in [0.25, 0.3) is 5.91 Å². The number of rotatable bonds is 39. The molecule has 10 unspecified atom stereocenters. The minimum absolute atomic E-state index is 0.0124. The summed E-state index contributed by atoms with van der Waals surface area (Å²) in [6, 6.07) is 6.98. The fourth-order valence-corrected chi connectivity index (χ4v) is 13.4. The van der Waals surface area contributed by atoms with Crippen LogP contribution in [0.4, 0.5) is 5.69 Å². The molecule has 5 N–H and O–H groups in total. The van der Waals surface area contributed by atoms with Crippen molar-refractivity contribution in [2.24, 2.45) is 98.1 Å². The van der Waals surface area contributed by atoms with E-state index in [1.54, 1.807) is 53.7 Å². The molecule has 1 aromatic carbocycles. The number of carboxylic acid groups (broad SMARTS) is 3. The smallest absolute Gasteiger partial charge is 0.317 e. The standard InChI is InChI=1S/C69H110N4O17/c1-20-67(12,13)52(64(87)89-35-34-70-54(74)43-22-24-44(25-23-43)72(18)19)47(59(80)81)26-31-66(10,11)37-50-45(56(76)73(57(50)77)39-41(5)6)28-32-68(14,15)51(55(75)71-38-40(3)4)46(58(78)79)29-33-69(16,17)53(63(86)88-21-2)48(60(82)83)27-30-65(8,9)36-49-42(7)61(84)90-62(49)85/h22-25,40-42,45-53H,20-21,26-39H2,1-19H3,(H,70,74)(H,71,75)(H,78,79)(H,80,81)(H,82,83). The van der Waals surface area contributed by atoms with Gasteiger partial charge in [0.1, 0.15) is 6.61 Å². The molecule has 1 aromatic rings. The Kier molecular flexibility index (Phi) is 28.3. The van der Waals surface area contributed by atoms with Crippen LogP contribution in [0.3, 0.4) is 0 Å². The van der Waals surface area contributed by atoms with E-state index in [4.69, 9.17) is 14.2 Å². The van der Waals surface area contributed by atoms with Crippen molar-refractivity contribution in [3.05, 3.63) is 29.8 Å². The van der Waals surface area contributed by atoms with Gasteiger partial charge >= 0.3 is 41.8 Å². The highest BCUT2D eigenvalue weighted by Crippen LogP contribution is 2.49. The SMILES string of the molecule is CCOC(=O)C(C(CCC(C)(C)CC1C(=O)OC(=O)C1C)C(=O)O)C(C)(C)CCC(C(=O)O)C(C(=O)NCC(C)C)C(C)(C)CCC1C(=O)N(CC(C)C)C(=O)C1CC(C)(C)CCC(C(=O)O)C(C(=O)OCCNC(=O)c1ccc(N(C)C)cc1)C(C)(C)CC. The van der Waals surface area contributed by atoms with E-state index >= 15 is 0 Å². The summed E-state index contributed by atoms with van der Waals surface area (Å²) in [6.07, 6.45) is 1.25. The van der Waals surface area contributed by atoms with Gasteiger partial charge in [-0.2, -0.15) is 0 Å². The molecule has 10 atom stereocenters. The maximum atomic E-state index is 14.7. The van der Waals surface area contributed by atoms with Crippen LogP contribution in [-0.2, 0) is 62.2 Å². The topological polar surface area (TPSA) is 307 Å². The molecule has 21 nitrogen and oxygen atoms in total. The van der Waals surface area contributed by atoms with E-state index in [1.165, 1.54) is 4.90 Å². The largest absolute Gasteiger partial charge is 0.481 e. The zero-order valence-corrected chi connectivity index (χ0v) is 57.5. The Morgan fingerprint density at radius 1 is 0.600 bits per heavy atom. The molecular formula is C69H110N4O17. The Labute approximate surface area is 535 Å². The number of esters is 4. The predicted octanol–water partition coefficient (Wildman–Crippen LogP) is 10.3. The third-order valence-electron chi connectivity index (χ3n) is 19.3. The van der Waals surface area contributed by atoms with Crippen LogP contribution in [0.15, 0.2) is 24.3 Å². The highest BCUT2D eigenvalue weighted by atomic mass is 16.6. The van der Waals surface area contributed by atoms with E-state index in [1.807, 2.05) is 107 Å². The van der Waals surface area contributed by atoms with Gasteiger partial charge < -0.3 is 45.1 Å². The number of nitrogens with one attached hydrogen (secondary N) is 2. The van der Waals surface area contributed by atoms with Crippen molar-refractivity contribution in [2.75, 3.05) is 51.8 Å². The molecule has 21 heteroatoms. The Morgan fingerprint density at radius 3 is 1.52 bits per heavy atom. The first-order chi connectivity index (χ1) is 41.5. The molecule has 508 valence electrons.